The molecule has 2 saturated heterocycles. The maximum Gasteiger partial charge on any atom is 0.410 e. The molecule has 2 aliphatic heterocycles. The number of likely N-dealkylation sites (N-methyl/N-ethyl adjacent to an activating group) is 1. The first-order chi connectivity index (χ1) is 11.0. The molecule has 0 aromatic carbocycles. The molecular weight excluding hydrogens is 316 g/mol. The van der Waals surface area contributed by atoms with Crippen LogP contribution in [0.1, 0.15) is 34.3 Å². The Bertz CT molecular complexity index is 620. The number of nitrogens with zero attached hydrogens (tertiary/aromatic N) is 2. The Balaban J connectivity index is 1.67. The van der Waals surface area contributed by atoms with Crippen molar-refractivity contribution in [1.29, 1.82) is 0 Å². The number of methoxy groups -OCH3 is 1. The number of carbonyl (C=O) groups excluding carboxylic acids is 2. The van der Waals surface area contributed by atoms with Crippen LogP contribution in [-0.2, 0) is 4.74 Å². The van der Waals surface area contributed by atoms with E-state index in [0.29, 0.717) is 49.6 Å². The Morgan fingerprint density at radius 1 is 1.43 bits per heavy atom. The van der Waals surface area contributed by atoms with E-state index in [9.17, 15) is 9.59 Å². The van der Waals surface area contributed by atoms with Crippen LogP contribution in [0.15, 0.2) is 6.07 Å². The number of hydrogen-bond acceptors (Lipinski definition) is 5. The highest BCUT2D eigenvalue weighted by molar-refractivity contribution is 7.14. The van der Waals surface area contributed by atoms with Gasteiger partial charge in [0, 0.05) is 37.4 Å². The summed E-state index contributed by atoms with van der Waals surface area (Å²) >= 11 is 1.46. The third kappa shape index (κ3) is 2.89. The van der Waals surface area contributed by atoms with Crippen LogP contribution in [0.5, 0.6) is 5.75 Å². The maximum absolute atomic E-state index is 12.7. The average Bonchev–Trinajstić information content (AvgIpc) is 3.07. The van der Waals surface area contributed by atoms with E-state index in [2.05, 4.69) is 0 Å². The minimum atomic E-state index is -0.417. The monoisotopic (exact) mass is 338 g/mol. The molecule has 23 heavy (non-hydrogen) atoms. The van der Waals surface area contributed by atoms with Crippen molar-refractivity contribution in [1.82, 2.24) is 9.80 Å². The molecule has 6 nitrogen and oxygen atoms in total. The van der Waals surface area contributed by atoms with Gasteiger partial charge in [-0.2, -0.15) is 0 Å². The van der Waals surface area contributed by atoms with Gasteiger partial charge in [0.1, 0.15) is 16.2 Å². The summed E-state index contributed by atoms with van der Waals surface area (Å²) < 4.78 is 10.9. The summed E-state index contributed by atoms with van der Waals surface area (Å²) in [5.41, 5.74) is -0.417. The Kier molecular flexibility index (Phi) is 4.23. The number of ether oxygens (including phenoxy) is 2. The second kappa shape index (κ2) is 6.03. The maximum atomic E-state index is 12.7. The van der Waals surface area contributed by atoms with Crippen molar-refractivity contribution >= 4 is 23.3 Å². The van der Waals surface area contributed by atoms with E-state index in [1.807, 2.05) is 24.8 Å². The normalized spacial score (nSPS) is 20.0. The van der Waals surface area contributed by atoms with E-state index in [4.69, 9.17) is 9.47 Å². The molecule has 0 unspecified atom stereocenters. The highest BCUT2D eigenvalue weighted by Gasteiger charge is 2.47. The lowest BCUT2D eigenvalue weighted by Gasteiger charge is -2.37. The van der Waals surface area contributed by atoms with Gasteiger partial charge in [0.25, 0.3) is 5.91 Å². The van der Waals surface area contributed by atoms with Crippen LogP contribution >= 0.6 is 11.3 Å². The lowest BCUT2D eigenvalue weighted by Crippen LogP contribution is -2.48. The Morgan fingerprint density at radius 3 is 2.70 bits per heavy atom. The molecule has 0 radical (unpaired) electrons. The van der Waals surface area contributed by atoms with Gasteiger partial charge < -0.3 is 19.3 Å². The zero-order chi connectivity index (χ0) is 16.6. The summed E-state index contributed by atoms with van der Waals surface area (Å²) in [5, 5.41) is 0. The zero-order valence-corrected chi connectivity index (χ0v) is 14.6. The molecule has 126 valence electrons. The third-order valence-electron chi connectivity index (χ3n) is 4.62. The van der Waals surface area contributed by atoms with Gasteiger partial charge in [-0.1, -0.05) is 0 Å². The molecule has 1 aromatic heterocycles. The second-order valence-electron chi connectivity index (χ2n) is 6.11. The van der Waals surface area contributed by atoms with Crippen LogP contribution < -0.4 is 4.74 Å². The minimum Gasteiger partial charge on any atom is -0.495 e. The third-order valence-corrected chi connectivity index (χ3v) is 5.64. The van der Waals surface area contributed by atoms with Crippen LogP contribution in [-0.4, -0.2) is 60.7 Å². The molecule has 0 aliphatic carbocycles. The molecule has 0 saturated carbocycles. The van der Waals surface area contributed by atoms with Crippen molar-refractivity contribution < 1.29 is 19.1 Å². The number of carbonyl (C=O) groups is 2. The van der Waals surface area contributed by atoms with Crippen molar-refractivity contribution in [2.24, 2.45) is 0 Å². The molecule has 3 rings (SSSR count). The number of amides is 2. The molecule has 3 heterocycles. The summed E-state index contributed by atoms with van der Waals surface area (Å²) in [7, 11) is 1.58. The quantitative estimate of drug-likeness (QED) is 0.850. The molecule has 2 fully saturated rings. The predicted octanol–water partition coefficient (Wildman–Crippen LogP) is 2.51. The summed E-state index contributed by atoms with van der Waals surface area (Å²) in [4.78, 5) is 29.8. The molecule has 2 aliphatic rings. The van der Waals surface area contributed by atoms with Gasteiger partial charge in [-0.25, -0.2) is 4.79 Å². The van der Waals surface area contributed by atoms with Crippen LogP contribution in [0.4, 0.5) is 4.79 Å². The lowest BCUT2D eigenvalue weighted by atomic mass is 9.91. The van der Waals surface area contributed by atoms with E-state index in [1.54, 1.807) is 12.0 Å². The van der Waals surface area contributed by atoms with Gasteiger partial charge in [-0.15, -0.1) is 11.3 Å². The highest BCUT2D eigenvalue weighted by Crippen LogP contribution is 2.35. The molecule has 7 heteroatoms. The van der Waals surface area contributed by atoms with Crippen molar-refractivity contribution in [2.45, 2.75) is 32.3 Å². The largest absolute Gasteiger partial charge is 0.495 e. The van der Waals surface area contributed by atoms with Crippen LogP contribution in [0.3, 0.4) is 0 Å². The predicted molar refractivity (Wildman–Crippen MR) is 87.2 cm³/mol. The summed E-state index contributed by atoms with van der Waals surface area (Å²) in [6, 6.07) is 1.89. The SMILES string of the molecule is CCN1CC2(CCN(C(=O)c3sc(C)cc3OC)CC2)OC1=O. The summed E-state index contributed by atoms with van der Waals surface area (Å²) in [5.74, 6) is 0.647. The Hall–Kier alpha value is -1.76. The fraction of sp³-hybridized carbons (Fsp3) is 0.625. The minimum absolute atomic E-state index is 0.00599. The molecule has 0 bridgehead atoms. The summed E-state index contributed by atoms with van der Waals surface area (Å²) in [6.45, 7) is 6.41. The fourth-order valence-electron chi connectivity index (χ4n) is 3.25. The Labute approximate surface area is 140 Å². The number of aryl methyl sites for hydroxylation is 1. The first-order valence-electron chi connectivity index (χ1n) is 7.89. The van der Waals surface area contributed by atoms with E-state index in [1.165, 1.54) is 11.3 Å². The highest BCUT2D eigenvalue weighted by atomic mass is 32.1. The zero-order valence-electron chi connectivity index (χ0n) is 13.8. The molecule has 0 atom stereocenters. The van der Waals surface area contributed by atoms with Gasteiger partial charge in [-0.05, 0) is 19.9 Å². The molecular formula is C16H22N2O4S. The van der Waals surface area contributed by atoms with Crippen LogP contribution in [0.25, 0.3) is 0 Å². The van der Waals surface area contributed by atoms with Crippen molar-refractivity contribution in [3.05, 3.63) is 15.8 Å². The lowest BCUT2D eigenvalue weighted by molar-refractivity contribution is 0.00323. The van der Waals surface area contributed by atoms with Crippen molar-refractivity contribution in [3.63, 3.8) is 0 Å². The summed E-state index contributed by atoms with van der Waals surface area (Å²) in [6.07, 6.45) is 1.14. The first kappa shape index (κ1) is 16.1. The van der Waals surface area contributed by atoms with Gasteiger partial charge in [0.2, 0.25) is 0 Å². The molecule has 0 N–H and O–H groups in total. The average molecular weight is 338 g/mol. The first-order valence-corrected chi connectivity index (χ1v) is 8.71. The van der Waals surface area contributed by atoms with E-state index >= 15 is 0 Å². The second-order valence-corrected chi connectivity index (χ2v) is 7.37. The van der Waals surface area contributed by atoms with Crippen molar-refractivity contribution in [3.8, 4) is 5.75 Å². The number of likely N-dealkylation sites (tertiary alicyclic amines) is 1. The molecule has 1 aromatic rings. The van der Waals surface area contributed by atoms with Gasteiger partial charge in [-0.3, -0.25) is 4.79 Å². The fourth-order valence-corrected chi connectivity index (χ4v) is 4.20. The van der Waals surface area contributed by atoms with E-state index in [-0.39, 0.29) is 12.0 Å². The molecule has 2 amide bonds. The molecule has 1 spiro atoms. The number of thiophene rings is 1. The van der Waals surface area contributed by atoms with Crippen LogP contribution in [0, 0.1) is 6.92 Å². The topological polar surface area (TPSA) is 59.1 Å². The van der Waals surface area contributed by atoms with Gasteiger partial charge in [0.05, 0.1) is 13.7 Å². The van der Waals surface area contributed by atoms with Gasteiger partial charge >= 0.3 is 6.09 Å². The smallest absolute Gasteiger partial charge is 0.410 e. The standard InChI is InChI=1S/C16H22N2O4S/c1-4-17-10-16(22-15(17)20)5-7-18(8-6-16)14(19)13-12(21-3)9-11(2)23-13/h9H,4-8,10H2,1-3H3. The van der Waals surface area contributed by atoms with E-state index < -0.39 is 5.60 Å². The van der Waals surface area contributed by atoms with Gasteiger partial charge in [0.15, 0.2) is 0 Å². The van der Waals surface area contributed by atoms with Crippen LogP contribution in [0.2, 0.25) is 0 Å². The van der Waals surface area contributed by atoms with E-state index in [0.717, 1.165) is 4.88 Å². The number of rotatable bonds is 3. The number of hydrogen-bond donors (Lipinski definition) is 0. The van der Waals surface area contributed by atoms with Crippen molar-refractivity contribution in [2.75, 3.05) is 33.3 Å². The Morgan fingerprint density at radius 2 is 2.13 bits per heavy atom. The number of piperidine rings is 1.